The molecule has 1 aliphatic heterocycles. The van der Waals surface area contributed by atoms with E-state index >= 15 is 0 Å². The lowest BCUT2D eigenvalue weighted by molar-refractivity contribution is -0.152. The van der Waals surface area contributed by atoms with Crippen molar-refractivity contribution in [2.24, 2.45) is 29.1 Å². The summed E-state index contributed by atoms with van der Waals surface area (Å²) < 4.78 is 4.35. The largest absolute Gasteiger partial charge is 0.461 e. The third-order valence-electron chi connectivity index (χ3n) is 9.18. The van der Waals surface area contributed by atoms with Gasteiger partial charge in [0.25, 0.3) is 5.91 Å². The van der Waals surface area contributed by atoms with Crippen molar-refractivity contribution in [2.45, 2.75) is 115 Å². The molecular weight excluding hydrogens is 649 g/mol. The van der Waals surface area contributed by atoms with Crippen molar-refractivity contribution < 1.29 is 33.5 Å². The second kappa shape index (κ2) is 15.6. The minimum absolute atomic E-state index is 0.0534. The number of urea groups is 1. The van der Waals surface area contributed by atoms with Gasteiger partial charge < -0.3 is 30.9 Å². The van der Waals surface area contributed by atoms with Crippen molar-refractivity contribution in [3.63, 3.8) is 0 Å². The summed E-state index contributed by atoms with van der Waals surface area (Å²) in [6.07, 6.45) is 4.68. The Morgan fingerprint density at radius 2 is 1.68 bits per heavy atom. The summed E-state index contributed by atoms with van der Waals surface area (Å²) in [5, 5.41) is 10.5. The van der Waals surface area contributed by atoms with Crippen LogP contribution in [0.15, 0.2) is 12.7 Å². The molecule has 47 heavy (non-hydrogen) atoms. The number of alkyl halides is 2. The van der Waals surface area contributed by atoms with Gasteiger partial charge in [-0.3, -0.25) is 19.2 Å². The number of fused-ring (bicyclic) bond motifs is 1. The highest BCUT2D eigenvalue weighted by atomic mass is 35.5. The number of carbonyl (C=O) groups excluding carboxylic acids is 6. The van der Waals surface area contributed by atoms with Crippen LogP contribution in [0.3, 0.4) is 0 Å². The van der Waals surface area contributed by atoms with Crippen LogP contribution < -0.4 is 21.3 Å². The number of esters is 1. The van der Waals surface area contributed by atoms with E-state index < -0.39 is 81.3 Å². The number of carbonyl (C=O) groups is 6. The number of ether oxygens (including phenoxy) is 1. The molecule has 0 spiro atoms. The quantitative estimate of drug-likeness (QED) is 0.0832. The average Bonchev–Trinajstić information content (AvgIpc) is 3.87. The number of rotatable bonds is 16. The highest BCUT2D eigenvalue weighted by Crippen LogP contribution is 2.65. The predicted octanol–water partition coefficient (Wildman–Crippen LogP) is 3.24. The van der Waals surface area contributed by atoms with Gasteiger partial charge in [-0.1, -0.05) is 60.5 Å². The molecule has 0 aromatic rings. The van der Waals surface area contributed by atoms with E-state index in [0.717, 1.165) is 19.3 Å². The van der Waals surface area contributed by atoms with Gasteiger partial charge in [-0.05, 0) is 43.4 Å². The van der Waals surface area contributed by atoms with Crippen LogP contribution in [0.5, 0.6) is 0 Å². The smallest absolute Gasteiger partial charge is 0.329 e. The van der Waals surface area contributed by atoms with Gasteiger partial charge in [0.1, 0.15) is 28.6 Å². The average molecular weight is 701 g/mol. The van der Waals surface area contributed by atoms with Gasteiger partial charge >= 0.3 is 12.0 Å². The van der Waals surface area contributed by atoms with E-state index in [-0.39, 0.29) is 31.5 Å². The Hall–Kier alpha value is -2.86. The first-order chi connectivity index (χ1) is 21.9. The molecule has 0 aromatic heterocycles. The Kier molecular flexibility index (Phi) is 12.8. The number of nitrogens with one attached hydrogen (secondary N) is 4. The van der Waals surface area contributed by atoms with E-state index in [1.807, 2.05) is 13.8 Å². The van der Waals surface area contributed by atoms with Crippen LogP contribution in [0.4, 0.5) is 4.79 Å². The summed E-state index contributed by atoms with van der Waals surface area (Å²) in [6.45, 7) is 16.3. The van der Waals surface area contributed by atoms with Gasteiger partial charge in [-0.25, -0.2) is 9.59 Å². The van der Waals surface area contributed by atoms with Crippen molar-refractivity contribution in [3.8, 4) is 0 Å². The van der Waals surface area contributed by atoms with Crippen molar-refractivity contribution in [2.75, 3.05) is 13.1 Å². The molecule has 2 saturated carbocycles. The molecule has 4 N–H and O–H groups in total. The Bertz CT molecular complexity index is 1230. The van der Waals surface area contributed by atoms with E-state index in [4.69, 9.17) is 27.9 Å². The standard InChI is InChI=1S/C33H51Cl2N5O7/c1-9-11-12-21(25(41)28(43)36-15-10-2)37-27(42)24-22-20(33(22,34)35)16-40(24)29(44)26(32(6,7)8)39-31(46)38-23(17(3)4)30(45)47-18(5)19-13-14-19/h10,17-24,26H,2,9,11-16H2,1,3-8H3,(H,36,43)(H,37,42)(H2,38,39,46)/t18?,20-,21?,22-,23-,24-,26+/m0/s1. The summed E-state index contributed by atoms with van der Waals surface area (Å²) in [5.74, 6) is -4.40. The second-order valence-electron chi connectivity index (χ2n) is 14.4. The van der Waals surface area contributed by atoms with E-state index in [1.54, 1.807) is 34.6 Å². The number of unbranched alkanes of at least 4 members (excludes halogenated alkanes) is 1. The summed E-state index contributed by atoms with van der Waals surface area (Å²) in [6, 6.07) is -5.07. The van der Waals surface area contributed by atoms with Crippen molar-refractivity contribution >= 4 is 58.7 Å². The monoisotopic (exact) mass is 699 g/mol. The van der Waals surface area contributed by atoms with Gasteiger partial charge in [0.05, 0.1) is 6.04 Å². The van der Waals surface area contributed by atoms with Crippen LogP contribution in [0.1, 0.15) is 80.6 Å². The number of likely N-dealkylation sites (tertiary alicyclic amines) is 1. The lowest BCUT2D eigenvalue weighted by Crippen LogP contribution is -2.62. The van der Waals surface area contributed by atoms with Gasteiger partial charge in [-0.2, -0.15) is 0 Å². The van der Waals surface area contributed by atoms with Gasteiger partial charge in [0, 0.05) is 24.9 Å². The van der Waals surface area contributed by atoms with Gasteiger partial charge in [0.2, 0.25) is 17.6 Å². The number of hydrogen-bond acceptors (Lipinski definition) is 7. The minimum atomic E-state index is -1.26. The van der Waals surface area contributed by atoms with Gasteiger partial charge in [0.15, 0.2) is 0 Å². The maximum absolute atomic E-state index is 14.2. The molecule has 0 aromatic carbocycles. The zero-order valence-corrected chi connectivity index (χ0v) is 30.0. The number of hydrogen-bond donors (Lipinski definition) is 4. The minimum Gasteiger partial charge on any atom is -0.461 e. The molecule has 14 heteroatoms. The van der Waals surface area contributed by atoms with Crippen LogP contribution >= 0.6 is 23.2 Å². The molecule has 1 saturated heterocycles. The Labute approximate surface area is 287 Å². The number of nitrogens with zero attached hydrogens (tertiary/aromatic N) is 1. The third kappa shape index (κ3) is 9.40. The maximum Gasteiger partial charge on any atom is 0.329 e. The first-order valence-electron chi connectivity index (χ1n) is 16.6. The Morgan fingerprint density at radius 3 is 2.21 bits per heavy atom. The summed E-state index contributed by atoms with van der Waals surface area (Å²) >= 11 is 13.0. The predicted molar refractivity (Wildman–Crippen MR) is 178 cm³/mol. The van der Waals surface area contributed by atoms with Gasteiger partial charge in [-0.15, -0.1) is 29.8 Å². The number of Topliss-reactive ketones (excluding diaryl/α,β-unsaturated/α-hetero) is 1. The van der Waals surface area contributed by atoms with Crippen LogP contribution in [-0.4, -0.2) is 88.1 Å². The Morgan fingerprint density at radius 1 is 1.04 bits per heavy atom. The third-order valence-corrected chi connectivity index (χ3v) is 10.2. The molecule has 3 aliphatic rings. The van der Waals surface area contributed by atoms with Crippen LogP contribution in [0.2, 0.25) is 0 Å². The molecule has 3 rings (SSSR count). The zero-order chi connectivity index (χ0) is 35.4. The molecular formula is C33H51Cl2N5O7. The number of amides is 5. The highest BCUT2D eigenvalue weighted by molar-refractivity contribution is 6.51. The molecule has 264 valence electrons. The van der Waals surface area contributed by atoms with Crippen LogP contribution in [0.25, 0.3) is 0 Å². The molecule has 1 heterocycles. The van der Waals surface area contributed by atoms with Crippen molar-refractivity contribution in [1.82, 2.24) is 26.2 Å². The first-order valence-corrected chi connectivity index (χ1v) is 17.3. The molecule has 2 unspecified atom stereocenters. The summed E-state index contributed by atoms with van der Waals surface area (Å²) in [5.41, 5.74) is -0.821. The zero-order valence-electron chi connectivity index (χ0n) is 28.5. The fourth-order valence-electron chi connectivity index (χ4n) is 6.02. The lowest BCUT2D eigenvalue weighted by atomic mass is 9.85. The molecule has 3 fully saturated rings. The second-order valence-corrected chi connectivity index (χ2v) is 15.9. The fourth-order valence-corrected chi connectivity index (χ4v) is 6.85. The molecule has 12 nitrogen and oxygen atoms in total. The van der Waals surface area contributed by atoms with Crippen molar-refractivity contribution in [1.29, 1.82) is 0 Å². The molecule has 0 radical (unpaired) electrons. The molecule has 0 bridgehead atoms. The summed E-state index contributed by atoms with van der Waals surface area (Å²) in [4.78, 5) is 81.1. The maximum atomic E-state index is 14.2. The first kappa shape index (κ1) is 38.6. The Balaban J connectivity index is 1.79. The van der Waals surface area contributed by atoms with Crippen LogP contribution in [0, 0.1) is 29.1 Å². The number of piperidine rings is 1. The molecule has 2 aliphatic carbocycles. The molecule has 7 atom stereocenters. The SMILES string of the molecule is C=CCNC(=O)C(=O)C(CCCC)NC(=O)[C@@H]1[C@@H]2[C@H](CN1C(=O)[C@@H](NC(=O)N[C@H](C(=O)OC(C)C1CC1)C(C)C)C(C)(C)C)C2(Cl)Cl. The van der Waals surface area contributed by atoms with Crippen LogP contribution in [-0.2, 0) is 28.7 Å². The van der Waals surface area contributed by atoms with E-state index in [1.165, 1.54) is 11.0 Å². The number of ketones is 1. The normalized spacial score (nSPS) is 23.8. The van der Waals surface area contributed by atoms with E-state index in [2.05, 4.69) is 27.8 Å². The number of halogens is 2. The highest BCUT2D eigenvalue weighted by Gasteiger charge is 2.74. The fraction of sp³-hybridized carbons (Fsp3) is 0.758. The lowest BCUT2D eigenvalue weighted by Gasteiger charge is -2.37. The molecule has 5 amide bonds. The van der Waals surface area contributed by atoms with E-state index in [0.29, 0.717) is 12.3 Å². The van der Waals surface area contributed by atoms with E-state index in [9.17, 15) is 28.8 Å². The topological polar surface area (TPSA) is 163 Å². The summed E-state index contributed by atoms with van der Waals surface area (Å²) in [7, 11) is 0. The van der Waals surface area contributed by atoms with Crippen molar-refractivity contribution in [3.05, 3.63) is 12.7 Å².